The van der Waals surface area contributed by atoms with Gasteiger partial charge in [0.15, 0.2) is 0 Å². The van der Waals surface area contributed by atoms with E-state index in [1.54, 1.807) is 6.08 Å². The Morgan fingerprint density at radius 2 is 1.86 bits per heavy atom. The van der Waals surface area contributed by atoms with Crippen molar-refractivity contribution in [2.24, 2.45) is 0 Å². The maximum atomic E-state index is 10.4. The van der Waals surface area contributed by atoms with Crippen LogP contribution in [0.1, 0.15) is 51.9 Å². The largest absolute Gasteiger partial charge is 0.481 e. The third kappa shape index (κ3) is 10.6. The molecule has 0 spiro atoms. The zero-order valence-corrected chi connectivity index (χ0v) is 16.6. The number of aliphatic hydroxyl groups is 3. The van der Waals surface area contributed by atoms with E-state index in [4.69, 9.17) is 9.84 Å². The molecule has 0 unspecified atom stereocenters. The van der Waals surface area contributed by atoms with E-state index in [9.17, 15) is 20.1 Å². The van der Waals surface area contributed by atoms with Crippen molar-refractivity contribution in [2.45, 2.75) is 82.4 Å². The van der Waals surface area contributed by atoms with Crippen molar-refractivity contribution < 1.29 is 30.0 Å². The van der Waals surface area contributed by atoms with E-state index >= 15 is 0 Å². The van der Waals surface area contributed by atoms with Crippen molar-refractivity contribution in [3.05, 3.63) is 48.6 Å². The maximum Gasteiger partial charge on any atom is 0.303 e. The molecule has 0 amide bonds. The first kappa shape index (κ1) is 24.3. The van der Waals surface area contributed by atoms with Gasteiger partial charge in [-0.25, -0.2) is 0 Å². The van der Waals surface area contributed by atoms with Crippen molar-refractivity contribution in [3.8, 4) is 0 Å². The van der Waals surface area contributed by atoms with Gasteiger partial charge in [-0.3, -0.25) is 4.79 Å². The predicted octanol–water partition coefficient (Wildman–Crippen LogP) is 2.90. The topological polar surface area (TPSA) is 107 Å². The fourth-order valence-corrected chi connectivity index (χ4v) is 2.87. The number of allylic oxidation sites excluding steroid dienone is 4. The van der Waals surface area contributed by atoms with Crippen molar-refractivity contribution in [1.29, 1.82) is 0 Å². The summed E-state index contributed by atoms with van der Waals surface area (Å²) in [5, 5.41) is 38.7. The lowest BCUT2D eigenvalue weighted by atomic mass is 10.0. The minimum atomic E-state index is -0.870. The lowest BCUT2D eigenvalue weighted by molar-refractivity contribution is -0.136. The fourth-order valence-electron chi connectivity index (χ4n) is 2.87. The number of carboxylic acid groups (broad SMARTS) is 1. The molecular weight excluding hydrogens is 360 g/mol. The molecule has 1 aliphatic rings. The molecule has 1 saturated heterocycles. The van der Waals surface area contributed by atoms with Crippen LogP contribution in [0.5, 0.6) is 0 Å². The van der Waals surface area contributed by atoms with Gasteiger partial charge in [-0.05, 0) is 32.1 Å². The number of hydrogen-bond donors (Lipinski definition) is 4. The molecule has 0 saturated carbocycles. The van der Waals surface area contributed by atoms with Gasteiger partial charge >= 0.3 is 5.97 Å². The molecular formula is C22H34O6. The van der Waals surface area contributed by atoms with Gasteiger partial charge in [0.25, 0.3) is 0 Å². The molecule has 1 fully saturated rings. The van der Waals surface area contributed by atoms with E-state index in [1.165, 1.54) is 6.08 Å². The van der Waals surface area contributed by atoms with Crippen LogP contribution in [-0.4, -0.2) is 56.9 Å². The summed E-state index contributed by atoms with van der Waals surface area (Å²) >= 11 is 0. The molecule has 0 aromatic rings. The Morgan fingerprint density at radius 1 is 1.11 bits per heavy atom. The number of aliphatic hydroxyl groups excluding tert-OH is 3. The van der Waals surface area contributed by atoms with Crippen LogP contribution in [0.4, 0.5) is 0 Å². The Labute approximate surface area is 167 Å². The van der Waals surface area contributed by atoms with Crippen molar-refractivity contribution in [2.75, 3.05) is 0 Å². The van der Waals surface area contributed by atoms with Crippen molar-refractivity contribution in [1.82, 2.24) is 0 Å². The van der Waals surface area contributed by atoms with E-state index in [-0.39, 0.29) is 12.5 Å². The minimum absolute atomic E-state index is 0.132. The molecule has 4 N–H and O–H groups in total. The number of carboxylic acids is 1. The zero-order valence-electron chi connectivity index (χ0n) is 16.6. The first-order valence-corrected chi connectivity index (χ1v) is 9.98. The van der Waals surface area contributed by atoms with Gasteiger partial charge in [-0.15, -0.1) is 0 Å². The Morgan fingerprint density at radius 3 is 2.57 bits per heavy atom. The molecule has 158 valence electrons. The summed E-state index contributed by atoms with van der Waals surface area (Å²) in [6.07, 6.45) is 15.2. The van der Waals surface area contributed by atoms with E-state index in [0.29, 0.717) is 32.1 Å². The normalized spacial score (nSPS) is 25.5. The molecule has 0 aromatic carbocycles. The van der Waals surface area contributed by atoms with E-state index in [0.717, 1.165) is 6.42 Å². The highest BCUT2D eigenvalue weighted by Gasteiger charge is 2.36. The smallest absolute Gasteiger partial charge is 0.303 e. The number of hydrogen-bond acceptors (Lipinski definition) is 5. The van der Waals surface area contributed by atoms with Crippen LogP contribution in [0, 0.1) is 0 Å². The first-order valence-electron chi connectivity index (χ1n) is 9.98. The molecule has 1 rings (SSSR count). The van der Waals surface area contributed by atoms with Gasteiger partial charge in [0.1, 0.15) is 0 Å². The molecule has 0 radical (unpaired) electrons. The molecule has 6 nitrogen and oxygen atoms in total. The summed E-state index contributed by atoms with van der Waals surface area (Å²) in [4.78, 5) is 10.4. The average molecular weight is 395 g/mol. The van der Waals surface area contributed by atoms with Crippen LogP contribution in [0.25, 0.3) is 0 Å². The Kier molecular flexibility index (Phi) is 12.4. The van der Waals surface area contributed by atoms with Gasteiger partial charge in [0.05, 0.1) is 30.5 Å². The Hall–Kier alpha value is -1.73. The van der Waals surface area contributed by atoms with Gasteiger partial charge in [0.2, 0.25) is 0 Å². The van der Waals surface area contributed by atoms with E-state index in [2.05, 4.69) is 0 Å². The Balaban J connectivity index is 2.32. The number of rotatable bonds is 13. The first-order chi connectivity index (χ1) is 13.4. The molecule has 0 aliphatic carbocycles. The molecule has 5 atom stereocenters. The van der Waals surface area contributed by atoms with Gasteiger partial charge in [-0.1, -0.05) is 55.5 Å². The second kappa shape index (κ2) is 14.3. The lowest BCUT2D eigenvalue weighted by Crippen LogP contribution is -2.24. The molecule has 0 aromatic heterocycles. The highest BCUT2D eigenvalue weighted by molar-refractivity contribution is 5.66. The highest BCUT2D eigenvalue weighted by Crippen LogP contribution is 2.26. The standard InChI is InChI=1S/C22H34O6/c1-2-3-8-11-17(23)14-15-18(24)21-16-19(25)20(28-21)12-9-6-4-5-7-10-13-22(26)27/h3,5-9,14-15,17-21,23-25H,2,4,10-13,16H2,1H3,(H,26,27)/b7-5-,8-3-,9-6-,15-14+/t17-,18+,19+,20-,21+/m1/s1. The summed E-state index contributed by atoms with van der Waals surface area (Å²) in [6.45, 7) is 2.02. The van der Waals surface area contributed by atoms with Crippen LogP contribution >= 0.6 is 0 Å². The quantitative estimate of drug-likeness (QED) is 0.358. The van der Waals surface area contributed by atoms with Crippen LogP contribution in [0.2, 0.25) is 0 Å². The van der Waals surface area contributed by atoms with E-state index in [1.807, 2.05) is 43.4 Å². The highest BCUT2D eigenvalue weighted by atomic mass is 16.5. The third-order valence-corrected chi connectivity index (χ3v) is 4.44. The predicted molar refractivity (Wildman–Crippen MR) is 109 cm³/mol. The number of aliphatic carboxylic acids is 1. The summed E-state index contributed by atoms with van der Waals surface area (Å²) < 4.78 is 5.76. The molecule has 28 heavy (non-hydrogen) atoms. The lowest BCUT2D eigenvalue weighted by Gasteiger charge is -2.16. The Bertz CT molecular complexity index is 551. The van der Waals surface area contributed by atoms with Crippen LogP contribution in [0.15, 0.2) is 48.6 Å². The van der Waals surface area contributed by atoms with Crippen LogP contribution in [-0.2, 0) is 9.53 Å². The summed E-state index contributed by atoms with van der Waals surface area (Å²) in [7, 11) is 0. The molecule has 1 aliphatic heterocycles. The minimum Gasteiger partial charge on any atom is -0.481 e. The fraction of sp³-hybridized carbons (Fsp3) is 0.591. The summed E-state index contributed by atoms with van der Waals surface area (Å²) in [5.74, 6) is -0.804. The molecule has 6 heteroatoms. The van der Waals surface area contributed by atoms with Gasteiger partial charge in [0, 0.05) is 12.8 Å². The monoisotopic (exact) mass is 394 g/mol. The maximum absolute atomic E-state index is 10.4. The van der Waals surface area contributed by atoms with Crippen molar-refractivity contribution >= 4 is 5.97 Å². The zero-order chi connectivity index (χ0) is 20.8. The van der Waals surface area contributed by atoms with Gasteiger partial charge in [-0.2, -0.15) is 0 Å². The molecule has 0 bridgehead atoms. The summed E-state index contributed by atoms with van der Waals surface area (Å²) in [6, 6.07) is 0. The van der Waals surface area contributed by atoms with Gasteiger partial charge < -0.3 is 25.2 Å². The second-order valence-corrected chi connectivity index (χ2v) is 6.92. The van der Waals surface area contributed by atoms with Crippen LogP contribution in [0.3, 0.4) is 0 Å². The third-order valence-electron chi connectivity index (χ3n) is 4.44. The van der Waals surface area contributed by atoms with Crippen LogP contribution < -0.4 is 0 Å². The average Bonchev–Trinajstić information content (AvgIpc) is 3.02. The number of carbonyl (C=O) groups is 1. The SMILES string of the molecule is CC/C=C\C[C@@H](O)/C=C/[C@H](O)[C@@H]1C[C@H](O)[C@@H](C/C=C\C/C=C\CCC(=O)O)O1. The van der Waals surface area contributed by atoms with E-state index < -0.39 is 30.4 Å². The second-order valence-electron chi connectivity index (χ2n) is 6.92. The van der Waals surface area contributed by atoms with Crippen molar-refractivity contribution in [3.63, 3.8) is 0 Å². The molecule has 1 heterocycles. The number of ether oxygens (including phenoxy) is 1. The summed E-state index contributed by atoms with van der Waals surface area (Å²) in [5.41, 5.74) is 0.